The van der Waals surface area contributed by atoms with Crippen molar-refractivity contribution in [3.8, 4) is 5.75 Å². The fraction of sp³-hybridized carbons (Fsp3) is 0.176. The molecule has 0 aromatic heterocycles. The topological polar surface area (TPSA) is 67.4 Å². The van der Waals surface area contributed by atoms with Crippen LogP contribution in [0.3, 0.4) is 0 Å². The van der Waals surface area contributed by atoms with Crippen molar-refractivity contribution >= 4 is 17.5 Å². The summed E-state index contributed by atoms with van der Waals surface area (Å²) >= 11 is 0. The fourth-order valence-electron chi connectivity index (χ4n) is 2.33. The molecule has 25 heavy (non-hydrogen) atoms. The van der Waals surface area contributed by atoms with Gasteiger partial charge in [-0.1, -0.05) is 12.1 Å². The Morgan fingerprint density at radius 3 is 2.48 bits per heavy atom. The summed E-state index contributed by atoms with van der Waals surface area (Å²) in [6.07, 6.45) is -5.38. The van der Waals surface area contributed by atoms with Crippen LogP contribution in [0.25, 0.3) is 0 Å². The zero-order valence-electron chi connectivity index (χ0n) is 12.8. The number of carbonyl (C=O) groups excluding carboxylic acids is 2. The number of hydrogen-bond donors (Lipinski definition) is 2. The first-order valence-corrected chi connectivity index (χ1v) is 7.36. The SMILES string of the molecule is O=C(NCC1Oc2ccccc2NC1=O)c1ccc(C(F)(F)F)cc1. The van der Waals surface area contributed by atoms with Crippen LogP contribution in [-0.4, -0.2) is 24.5 Å². The van der Waals surface area contributed by atoms with Gasteiger partial charge in [-0.2, -0.15) is 13.2 Å². The van der Waals surface area contributed by atoms with E-state index in [9.17, 15) is 22.8 Å². The van der Waals surface area contributed by atoms with Crippen LogP contribution in [0.15, 0.2) is 48.5 Å². The van der Waals surface area contributed by atoms with Gasteiger partial charge in [-0.3, -0.25) is 9.59 Å². The summed E-state index contributed by atoms with van der Waals surface area (Å²) in [7, 11) is 0. The summed E-state index contributed by atoms with van der Waals surface area (Å²) in [5.74, 6) is -0.522. The Kier molecular flexibility index (Phi) is 4.35. The average Bonchev–Trinajstić information content (AvgIpc) is 2.59. The van der Waals surface area contributed by atoms with Crippen LogP contribution in [-0.2, 0) is 11.0 Å². The summed E-state index contributed by atoms with van der Waals surface area (Å²) < 4.78 is 43.1. The number of hydrogen-bond acceptors (Lipinski definition) is 3. The second-order valence-corrected chi connectivity index (χ2v) is 5.38. The average molecular weight is 350 g/mol. The molecule has 2 aromatic rings. The Bertz CT molecular complexity index is 804. The number of ether oxygens (including phenoxy) is 1. The third kappa shape index (κ3) is 3.73. The summed E-state index contributed by atoms with van der Waals surface area (Å²) in [5, 5.41) is 5.14. The fourth-order valence-corrected chi connectivity index (χ4v) is 2.33. The largest absolute Gasteiger partial charge is 0.477 e. The lowest BCUT2D eigenvalue weighted by Crippen LogP contribution is -2.45. The van der Waals surface area contributed by atoms with Crippen molar-refractivity contribution in [2.45, 2.75) is 12.3 Å². The highest BCUT2D eigenvalue weighted by Crippen LogP contribution is 2.29. The van der Waals surface area contributed by atoms with Gasteiger partial charge in [-0.25, -0.2) is 0 Å². The summed E-state index contributed by atoms with van der Waals surface area (Å²) in [6.45, 7) is -0.111. The first-order valence-electron chi connectivity index (χ1n) is 7.36. The molecule has 2 aromatic carbocycles. The number of amides is 2. The molecule has 1 aliphatic rings. The minimum absolute atomic E-state index is 0.0598. The molecular weight excluding hydrogens is 337 g/mol. The normalized spacial score (nSPS) is 16.4. The van der Waals surface area contributed by atoms with Crippen LogP contribution in [0.2, 0.25) is 0 Å². The molecule has 3 rings (SSSR count). The highest BCUT2D eigenvalue weighted by Gasteiger charge is 2.30. The molecule has 1 atom stereocenters. The maximum absolute atomic E-state index is 12.5. The van der Waals surface area contributed by atoms with Gasteiger partial charge < -0.3 is 15.4 Å². The van der Waals surface area contributed by atoms with Crippen LogP contribution in [0, 0.1) is 0 Å². The molecule has 0 saturated carbocycles. The molecule has 2 amide bonds. The smallest absolute Gasteiger partial charge is 0.416 e. The molecule has 0 aliphatic carbocycles. The lowest BCUT2D eigenvalue weighted by Gasteiger charge is -2.25. The molecule has 0 saturated heterocycles. The lowest BCUT2D eigenvalue weighted by molar-refractivity contribution is -0.137. The van der Waals surface area contributed by atoms with E-state index in [1.54, 1.807) is 24.3 Å². The number of anilines is 1. The van der Waals surface area contributed by atoms with Crippen molar-refractivity contribution in [3.63, 3.8) is 0 Å². The van der Waals surface area contributed by atoms with Crippen molar-refractivity contribution in [2.24, 2.45) is 0 Å². The second-order valence-electron chi connectivity index (χ2n) is 5.38. The van der Waals surface area contributed by atoms with Gasteiger partial charge in [0, 0.05) is 5.56 Å². The highest BCUT2D eigenvalue weighted by atomic mass is 19.4. The molecule has 5 nitrogen and oxygen atoms in total. The number of benzene rings is 2. The van der Waals surface area contributed by atoms with Crippen LogP contribution in [0.1, 0.15) is 15.9 Å². The van der Waals surface area contributed by atoms with Gasteiger partial charge in [0.1, 0.15) is 5.75 Å². The van der Waals surface area contributed by atoms with Gasteiger partial charge in [0.05, 0.1) is 17.8 Å². The molecule has 0 radical (unpaired) electrons. The van der Waals surface area contributed by atoms with E-state index in [-0.39, 0.29) is 12.1 Å². The molecule has 0 bridgehead atoms. The zero-order chi connectivity index (χ0) is 18.0. The lowest BCUT2D eigenvalue weighted by atomic mass is 10.1. The number of nitrogens with one attached hydrogen (secondary N) is 2. The highest BCUT2D eigenvalue weighted by molar-refractivity contribution is 5.99. The quantitative estimate of drug-likeness (QED) is 0.895. The van der Waals surface area contributed by atoms with Crippen LogP contribution in [0.5, 0.6) is 5.75 Å². The van der Waals surface area contributed by atoms with Crippen LogP contribution < -0.4 is 15.4 Å². The van der Waals surface area contributed by atoms with E-state index in [0.717, 1.165) is 24.3 Å². The van der Waals surface area contributed by atoms with Gasteiger partial charge in [0.25, 0.3) is 11.8 Å². The molecule has 1 unspecified atom stereocenters. The molecule has 130 valence electrons. The van der Waals surface area contributed by atoms with E-state index in [0.29, 0.717) is 11.4 Å². The molecule has 0 spiro atoms. The first kappa shape index (κ1) is 16.8. The van der Waals surface area contributed by atoms with E-state index >= 15 is 0 Å². The molecule has 0 fully saturated rings. The molecule has 1 aliphatic heterocycles. The van der Waals surface area contributed by atoms with Crippen molar-refractivity contribution in [3.05, 3.63) is 59.7 Å². The molecule has 1 heterocycles. The number of fused-ring (bicyclic) bond motifs is 1. The van der Waals surface area contributed by atoms with E-state index in [2.05, 4.69) is 10.6 Å². The predicted molar refractivity (Wildman–Crippen MR) is 83.3 cm³/mol. The standard InChI is InChI=1S/C17H13F3N2O3/c18-17(19,20)11-7-5-10(6-8-11)15(23)21-9-14-16(24)22-12-3-1-2-4-13(12)25-14/h1-8,14H,9H2,(H,21,23)(H,22,24). The second kappa shape index (κ2) is 6.46. The number of rotatable bonds is 3. The number of para-hydroxylation sites is 2. The maximum Gasteiger partial charge on any atom is 0.416 e. The molecule has 8 heteroatoms. The minimum atomic E-state index is -4.46. The van der Waals surface area contributed by atoms with E-state index in [4.69, 9.17) is 4.74 Å². The Balaban J connectivity index is 1.62. The van der Waals surface area contributed by atoms with E-state index in [1.807, 2.05) is 0 Å². The van der Waals surface area contributed by atoms with Crippen LogP contribution in [0.4, 0.5) is 18.9 Å². The zero-order valence-corrected chi connectivity index (χ0v) is 12.8. The Morgan fingerprint density at radius 2 is 1.80 bits per heavy atom. The Morgan fingerprint density at radius 1 is 1.12 bits per heavy atom. The Labute approximate surface area is 140 Å². The number of halogens is 3. The Hall–Kier alpha value is -3.03. The van der Waals surface area contributed by atoms with Crippen molar-refractivity contribution in [1.82, 2.24) is 5.32 Å². The summed E-state index contributed by atoms with van der Waals surface area (Å²) in [6, 6.07) is 10.7. The maximum atomic E-state index is 12.5. The van der Waals surface area contributed by atoms with E-state index < -0.39 is 29.7 Å². The predicted octanol–water partition coefficient (Wildman–Crippen LogP) is 2.83. The van der Waals surface area contributed by atoms with Crippen molar-refractivity contribution < 1.29 is 27.5 Å². The number of carbonyl (C=O) groups is 2. The van der Waals surface area contributed by atoms with Crippen molar-refractivity contribution in [2.75, 3.05) is 11.9 Å². The summed E-state index contributed by atoms with van der Waals surface area (Å²) in [4.78, 5) is 24.0. The molecular formula is C17H13F3N2O3. The summed E-state index contributed by atoms with van der Waals surface area (Å²) in [5.41, 5.74) is -0.238. The van der Waals surface area contributed by atoms with Crippen LogP contribution >= 0.6 is 0 Å². The monoisotopic (exact) mass is 350 g/mol. The van der Waals surface area contributed by atoms with Gasteiger partial charge >= 0.3 is 6.18 Å². The third-order valence-electron chi connectivity index (χ3n) is 3.63. The third-order valence-corrected chi connectivity index (χ3v) is 3.63. The first-order chi connectivity index (χ1) is 11.8. The minimum Gasteiger partial charge on any atom is -0.477 e. The molecule has 2 N–H and O–H groups in total. The van der Waals surface area contributed by atoms with Gasteiger partial charge in [0.2, 0.25) is 0 Å². The van der Waals surface area contributed by atoms with E-state index in [1.165, 1.54) is 0 Å². The number of alkyl halides is 3. The van der Waals surface area contributed by atoms with Gasteiger partial charge in [0.15, 0.2) is 6.10 Å². The van der Waals surface area contributed by atoms with Gasteiger partial charge in [-0.05, 0) is 36.4 Å². The van der Waals surface area contributed by atoms with Gasteiger partial charge in [-0.15, -0.1) is 0 Å². The van der Waals surface area contributed by atoms with Crippen molar-refractivity contribution in [1.29, 1.82) is 0 Å².